The van der Waals surface area contributed by atoms with Gasteiger partial charge in [0.05, 0.1) is 5.69 Å². The molecule has 0 saturated carbocycles. The fourth-order valence-electron chi connectivity index (χ4n) is 1.17. The molecule has 0 bridgehead atoms. The van der Waals surface area contributed by atoms with Gasteiger partial charge in [0.1, 0.15) is 6.04 Å². The van der Waals surface area contributed by atoms with Gasteiger partial charge in [-0.3, -0.25) is 9.78 Å². The molecule has 1 atom stereocenters. The number of carboxylic acids is 1. The van der Waals surface area contributed by atoms with E-state index in [9.17, 15) is 4.79 Å². The number of rotatable bonds is 5. The summed E-state index contributed by atoms with van der Waals surface area (Å²) in [6.07, 6.45) is 1.63. The molecule has 6 heteroatoms. The van der Waals surface area contributed by atoms with Gasteiger partial charge < -0.3 is 10.8 Å². The van der Waals surface area contributed by atoms with E-state index in [4.69, 9.17) is 22.4 Å². The van der Waals surface area contributed by atoms with Gasteiger partial charge in [0.2, 0.25) is 0 Å². The smallest absolute Gasteiger partial charge is 0.321 e. The highest BCUT2D eigenvalue weighted by atomic mass is 35.5. The van der Waals surface area contributed by atoms with Crippen molar-refractivity contribution in [2.75, 3.05) is 0 Å². The van der Waals surface area contributed by atoms with Crippen molar-refractivity contribution >= 4 is 29.3 Å². The molecule has 0 aliphatic carbocycles. The van der Waals surface area contributed by atoms with Crippen LogP contribution in [0.4, 0.5) is 0 Å². The second-order valence-corrected chi connectivity index (χ2v) is 6.24. The summed E-state index contributed by atoms with van der Waals surface area (Å²) in [5, 5.41) is 9.51. The van der Waals surface area contributed by atoms with E-state index in [1.54, 1.807) is 32.2 Å². The third kappa shape index (κ3) is 4.18. The average Bonchev–Trinajstić information content (AvgIpc) is 2.25. The van der Waals surface area contributed by atoms with Gasteiger partial charge in [-0.05, 0) is 26.0 Å². The maximum atomic E-state index is 10.8. The van der Waals surface area contributed by atoms with E-state index >= 15 is 0 Å². The number of aliphatic carboxylic acids is 1. The zero-order valence-electron chi connectivity index (χ0n) is 9.68. The lowest BCUT2D eigenvalue weighted by atomic mass is 10.1. The molecular weight excluding hydrogens is 260 g/mol. The van der Waals surface area contributed by atoms with Gasteiger partial charge in [0.25, 0.3) is 0 Å². The highest BCUT2D eigenvalue weighted by Gasteiger charge is 2.32. The molecule has 0 amide bonds. The number of hydrogen-bond donors (Lipinski definition) is 2. The van der Waals surface area contributed by atoms with Gasteiger partial charge in [-0.25, -0.2) is 0 Å². The minimum absolute atomic E-state index is 0.560. The molecule has 0 radical (unpaired) electrons. The Morgan fingerprint density at radius 1 is 1.71 bits per heavy atom. The van der Waals surface area contributed by atoms with Gasteiger partial charge in [0.15, 0.2) is 0 Å². The second-order valence-electron chi connectivity index (χ2n) is 4.17. The lowest BCUT2D eigenvalue weighted by Gasteiger charge is -2.27. The molecule has 0 spiro atoms. The van der Waals surface area contributed by atoms with Crippen LogP contribution < -0.4 is 5.73 Å². The van der Waals surface area contributed by atoms with E-state index in [0.29, 0.717) is 10.8 Å². The number of carbonyl (C=O) groups is 1. The van der Waals surface area contributed by atoms with Crippen molar-refractivity contribution in [1.29, 1.82) is 0 Å². The molecular formula is C11H15ClN2O2S. The molecule has 0 aliphatic heterocycles. The lowest BCUT2D eigenvalue weighted by Crippen LogP contribution is -2.46. The highest BCUT2D eigenvalue weighted by molar-refractivity contribution is 7.99. The number of carboxylic acid groups (broad SMARTS) is 1. The van der Waals surface area contributed by atoms with Crippen LogP contribution in [0.1, 0.15) is 19.5 Å². The number of nitrogens with two attached hydrogens (primary N) is 1. The number of nitrogens with zero attached hydrogens (tertiary/aromatic N) is 1. The van der Waals surface area contributed by atoms with Crippen molar-refractivity contribution in [2.45, 2.75) is 30.4 Å². The Morgan fingerprint density at radius 2 is 2.35 bits per heavy atom. The number of pyridine rings is 1. The first-order valence-corrected chi connectivity index (χ1v) is 6.42. The third-order valence-electron chi connectivity index (χ3n) is 2.39. The average molecular weight is 275 g/mol. The maximum Gasteiger partial charge on any atom is 0.321 e. The van der Waals surface area contributed by atoms with Gasteiger partial charge in [0, 0.05) is 21.7 Å². The number of aromatic nitrogens is 1. The first-order valence-electron chi connectivity index (χ1n) is 5.05. The van der Waals surface area contributed by atoms with Crippen molar-refractivity contribution in [3.05, 3.63) is 29.0 Å². The molecule has 0 unspecified atom stereocenters. The van der Waals surface area contributed by atoms with Gasteiger partial charge in [-0.1, -0.05) is 11.6 Å². The molecule has 0 aliphatic rings. The van der Waals surface area contributed by atoms with Crippen molar-refractivity contribution < 1.29 is 9.90 Å². The predicted molar refractivity (Wildman–Crippen MR) is 70.2 cm³/mol. The van der Waals surface area contributed by atoms with Crippen molar-refractivity contribution in [2.24, 2.45) is 5.73 Å². The van der Waals surface area contributed by atoms with E-state index in [1.807, 2.05) is 0 Å². The monoisotopic (exact) mass is 274 g/mol. The minimum Gasteiger partial charge on any atom is -0.480 e. The van der Waals surface area contributed by atoms with E-state index in [-0.39, 0.29) is 0 Å². The van der Waals surface area contributed by atoms with E-state index in [2.05, 4.69) is 4.98 Å². The minimum atomic E-state index is -0.999. The topological polar surface area (TPSA) is 76.2 Å². The fourth-order valence-corrected chi connectivity index (χ4v) is 2.32. The molecule has 17 heavy (non-hydrogen) atoms. The zero-order chi connectivity index (χ0) is 13.1. The Balaban J connectivity index is 2.64. The van der Waals surface area contributed by atoms with Crippen molar-refractivity contribution in [3.63, 3.8) is 0 Å². The van der Waals surface area contributed by atoms with Crippen LogP contribution in [-0.4, -0.2) is 26.8 Å². The first-order chi connectivity index (χ1) is 7.83. The summed E-state index contributed by atoms with van der Waals surface area (Å²) in [6.45, 7) is 3.61. The van der Waals surface area contributed by atoms with Crippen molar-refractivity contribution in [3.8, 4) is 0 Å². The Kier molecular flexibility index (Phi) is 4.80. The summed E-state index contributed by atoms with van der Waals surface area (Å²) in [5.74, 6) is -0.421. The second kappa shape index (κ2) is 5.71. The summed E-state index contributed by atoms with van der Waals surface area (Å²) < 4.78 is -0.560. The number of halogens is 1. The summed E-state index contributed by atoms with van der Waals surface area (Å²) >= 11 is 7.29. The van der Waals surface area contributed by atoms with E-state index in [1.165, 1.54) is 11.8 Å². The molecule has 1 aromatic rings. The van der Waals surface area contributed by atoms with Gasteiger partial charge >= 0.3 is 5.97 Å². The molecule has 1 rings (SSSR count). The van der Waals surface area contributed by atoms with Crippen LogP contribution in [-0.2, 0) is 10.5 Å². The summed E-state index contributed by atoms with van der Waals surface area (Å²) in [7, 11) is 0. The van der Waals surface area contributed by atoms with Crippen LogP contribution in [0.25, 0.3) is 0 Å². The summed E-state index contributed by atoms with van der Waals surface area (Å²) in [4.78, 5) is 15.0. The number of thioether (sulfide) groups is 1. The summed E-state index contributed by atoms with van der Waals surface area (Å²) in [5.41, 5.74) is 6.43. The van der Waals surface area contributed by atoms with Crippen LogP contribution in [0.3, 0.4) is 0 Å². The van der Waals surface area contributed by atoms with Gasteiger partial charge in [-0.15, -0.1) is 11.8 Å². The largest absolute Gasteiger partial charge is 0.480 e. The molecule has 94 valence electrons. The van der Waals surface area contributed by atoms with E-state index < -0.39 is 16.8 Å². The maximum absolute atomic E-state index is 10.8. The molecule has 4 nitrogen and oxygen atoms in total. The van der Waals surface area contributed by atoms with Crippen LogP contribution >= 0.6 is 23.4 Å². The molecule has 1 heterocycles. The fraction of sp³-hybridized carbons (Fsp3) is 0.455. The lowest BCUT2D eigenvalue weighted by molar-refractivity contribution is -0.139. The predicted octanol–water partition coefficient (Wildman–Crippen LogP) is 2.16. The number of hydrogen-bond acceptors (Lipinski definition) is 4. The molecule has 3 N–H and O–H groups in total. The molecule has 0 saturated heterocycles. The van der Waals surface area contributed by atoms with Crippen LogP contribution in [0.5, 0.6) is 0 Å². The molecule has 1 aromatic heterocycles. The Hall–Kier alpha value is -0.780. The van der Waals surface area contributed by atoms with Crippen LogP contribution in [0.15, 0.2) is 18.3 Å². The quantitative estimate of drug-likeness (QED) is 0.860. The third-order valence-corrected chi connectivity index (χ3v) is 4.06. The molecule has 0 aromatic carbocycles. The van der Waals surface area contributed by atoms with Crippen LogP contribution in [0, 0.1) is 0 Å². The first kappa shape index (κ1) is 14.3. The molecule has 0 fully saturated rings. The van der Waals surface area contributed by atoms with Crippen molar-refractivity contribution in [1.82, 2.24) is 4.98 Å². The zero-order valence-corrected chi connectivity index (χ0v) is 11.3. The summed E-state index contributed by atoms with van der Waals surface area (Å²) in [6, 6.07) is 2.55. The Morgan fingerprint density at radius 3 is 2.88 bits per heavy atom. The Bertz CT molecular complexity index is 412. The SMILES string of the molecule is CC(C)(SCc1cc(Cl)ccn1)[C@@H](N)C(=O)O. The van der Waals surface area contributed by atoms with Gasteiger partial charge in [-0.2, -0.15) is 0 Å². The van der Waals surface area contributed by atoms with Crippen LogP contribution in [0.2, 0.25) is 5.02 Å². The van der Waals surface area contributed by atoms with E-state index in [0.717, 1.165) is 5.69 Å². The normalized spacial score (nSPS) is 13.4. The standard InChI is InChI=1S/C11H15ClN2O2S/c1-11(2,9(13)10(15)16)17-6-8-5-7(12)3-4-14-8/h3-5,9H,6,13H2,1-2H3,(H,15,16)/t9-/m0/s1. The Labute approximate surface area is 110 Å². The highest BCUT2D eigenvalue weighted by Crippen LogP contribution is 2.30.